The molecule has 0 fully saturated rings. The van der Waals surface area contributed by atoms with Gasteiger partial charge in [-0.3, -0.25) is 0 Å². The topological polar surface area (TPSA) is 35.2 Å². The molecule has 2 rings (SSSR count). The van der Waals surface area contributed by atoms with Gasteiger partial charge in [0.2, 0.25) is 0 Å². The fourth-order valence-electron chi connectivity index (χ4n) is 2.21. The summed E-state index contributed by atoms with van der Waals surface area (Å²) in [7, 11) is 1.68. The van der Waals surface area contributed by atoms with E-state index in [9.17, 15) is 0 Å². The first kappa shape index (κ1) is 13.1. The Bertz CT molecular complexity index is 514. The third kappa shape index (κ3) is 2.74. The van der Waals surface area contributed by atoms with E-state index in [0.29, 0.717) is 0 Å². The van der Waals surface area contributed by atoms with Gasteiger partial charge >= 0.3 is 0 Å². The number of nitrogens with two attached hydrogens (primary N) is 1. The second-order valence-corrected chi connectivity index (χ2v) is 5.79. The van der Waals surface area contributed by atoms with Crippen molar-refractivity contribution in [3.8, 4) is 5.75 Å². The minimum Gasteiger partial charge on any atom is -0.497 e. The average molecular weight is 261 g/mol. The van der Waals surface area contributed by atoms with E-state index in [2.05, 4.69) is 37.4 Å². The maximum Gasteiger partial charge on any atom is 0.118 e. The smallest absolute Gasteiger partial charge is 0.118 e. The number of rotatable bonds is 4. The molecular weight excluding hydrogens is 242 g/mol. The molecule has 0 aliphatic heterocycles. The molecule has 18 heavy (non-hydrogen) atoms. The first-order valence-electron chi connectivity index (χ1n) is 5.99. The van der Waals surface area contributed by atoms with Gasteiger partial charge in [0.05, 0.1) is 12.6 Å². The molecular formula is C15H19NOS. The summed E-state index contributed by atoms with van der Waals surface area (Å²) in [5.74, 6) is 0.879. The first-order valence-corrected chi connectivity index (χ1v) is 6.87. The zero-order valence-electron chi connectivity index (χ0n) is 11.1. The molecule has 1 aromatic carbocycles. The van der Waals surface area contributed by atoms with Crippen molar-refractivity contribution in [2.45, 2.75) is 25.8 Å². The van der Waals surface area contributed by atoms with Crippen molar-refractivity contribution < 1.29 is 4.74 Å². The SMILES string of the molecule is COc1ccc(CC(C)(N)c2sccc2C)cc1. The predicted octanol–water partition coefficient (Wildman–Crippen LogP) is 3.48. The Balaban J connectivity index is 2.19. The van der Waals surface area contributed by atoms with Crippen LogP contribution >= 0.6 is 11.3 Å². The summed E-state index contributed by atoms with van der Waals surface area (Å²) in [6.07, 6.45) is 0.832. The van der Waals surface area contributed by atoms with Crippen LogP contribution in [0.15, 0.2) is 35.7 Å². The molecule has 1 aromatic heterocycles. The minimum atomic E-state index is -0.313. The van der Waals surface area contributed by atoms with Gasteiger partial charge < -0.3 is 10.5 Å². The fraction of sp³-hybridized carbons (Fsp3) is 0.333. The quantitative estimate of drug-likeness (QED) is 0.914. The Kier molecular flexibility index (Phi) is 3.73. The molecule has 0 bridgehead atoms. The molecule has 0 saturated carbocycles. The lowest BCUT2D eigenvalue weighted by atomic mass is 9.90. The lowest BCUT2D eigenvalue weighted by molar-refractivity contribution is 0.414. The number of methoxy groups -OCH3 is 1. The Morgan fingerprint density at radius 1 is 1.22 bits per heavy atom. The van der Waals surface area contributed by atoms with Gasteiger partial charge in [-0.1, -0.05) is 12.1 Å². The summed E-state index contributed by atoms with van der Waals surface area (Å²) in [6.45, 7) is 4.21. The van der Waals surface area contributed by atoms with Crippen molar-refractivity contribution >= 4 is 11.3 Å². The third-order valence-corrected chi connectivity index (χ3v) is 4.41. The van der Waals surface area contributed by atoms with E-state index in [-0.39, 0.29) is 5.54 Å². The van der Waals surface area contributed by atoms with E-state index in [1.165, 1.54) is 16.0 Å². The standard InChI is InChI=1S/C15H19NOS/c1-11-8-9-18-14(11)15(2,16)10-12-4-6-13(17-3)7-5-12/h4-9H,10,16H2,1-3H3. The molecule has 1 atom stereocenters. The maximum absolute atomic E-state index is 6.47. The van der Waals surface area contributed by atoms with E-state index in [1.54, 1.807) is 18.4 Å². The van der Waals surface area contributed by atoms with Gasteiger partial charge in [0.15, 0.2) is 0 Å². The molecule has 0 aliphatic carbocycles. The van der Waals surface area contributed by atoms with Crippen molar-refractivity contribution in [3.63, 3.8) is 0 Å². The highest BCUT2D eigenvalue weighted by Crippen LogP contribution is 2.30. The molecule has 0 saturated heterocycles. The Morgan fingerprint density at radius 2 is 1.89 bits per heavy atom. The van der Waals surface area contributed by atoms with Crippen LogP contribution in [-0.2, 0) is 12.0 Å². The zero-order chi connectivity index (χ0) is 13.2. The molecule has 3 heteroatoms. The van der Waals surface area contributed by atoms with Crippen LogP contribution in [-0.4, -0.2) is 7.11 Å². The highest BCUT2D eigenvalue weighted by atomic mass is 32.1. The van der Waals surface area contributed by atoms with E-state index in [0.717, 1.165) is 12.2 Å². The summed E-state index contributed by atoms with van der Waals surface area (Å²) in [5.41, 5.74) is 8.66. The van der Waals surface area contributed by atoms with Crippen molar-refractivity contribution in [1.82, 2.24) is 0 Å². The van der Waals surface area contributed by atoms with Gasteiger partial charge in [-0.15, -0.1) is 11.3 Å². The van der Waals surface area contributed by atoms with E-state index in [4.69, 9.17) is 10.5 Å². The summed E-state index contributed by atoms with van der Waals surface area (Å²) in [5, 5.41) is 2.10. The van der Waals surface area contributed by atoms with Crippen LogP contribution < -0.4 is 10.5 Å². The largest absolute Gasteiger partial charge is 0.497 e. The predicted molar refractivity (Wildman–Crippen MR) is 77.3 cm³/mol. The first-order chi connectivity index (χ1) is 8.53. The number of ether oxygens (including phenoxy) is 1. The van der Waals surface area contributed by atoms with Gasteiger partial charge in [-0.2, -0.15) is 0 Å². The average Bonchev–Trinajstić information content (AvgIpc) is 2.77. The number of hydrogen-bond donors (Lipinski definition) is 1. The molecule has 2 aromatic rings. The van der Waals surface area contributed by atoms with E-state index < -0.39 is 0 Å². The van der Waals surface area contributed by atoms with Gasteiger partial charge in [0.1, 0.15) is 5.75 Å². The number of thiophene rings is 1. The lowest BCUT2D eigenvalue weighted by Gasteiger charge is -2.24. The monoisotopic (exact) mass is 261 g/mol. The van der Waals surface area contributed by atoms with Gasteiger partial charge in [-0.05, 0) is 55.0 Å². The number of aryl methyl sites for hydroxylation is 1. The minimum absolute atomic E-state index is 0.313. The van der Waals surface area contributed by atoms with Crippen molar-refractivity contribution in [1.29, 1.82) is 0 Å². The summed E-state index contributed by atoms with van der Waals surface area (Å²) >= 11 is 1.73. The Hall–Kier alpha value is -1.32. The Morgan fingerprint density at radius 3 is 2.39 bits per heavy atom. The molecule has 0 radical (unpaired) electrons. The van der Waals surface area contributed by atoms with Crippen LogP contribution in [0.1, 0.15) is 22.9 Å². The summed E-state index contributed by atoms with van der Waals surface area (Å²) in [4.78, 5) is 1.26. The van der Waals surface area contributed by atoms with Gasteiger partial charge in [-0.25, -0.2) is 0 Å². The molecule has 1 unspecified atom stereocenters. The normalized spacial score (nSPS) is 14.2. The van der Waals surface area contributed by atoms with Crippen LogP contribution in [0.3, 0.4) is 0 Å². The molecule has 0 amide bonds. The van der Waals surface area contributed by atoms with Gasteiger partial charge in [0, 0.05) is 4.88 Å². The number of benzene rings is 1. The highest BCUT2D eigenvalue weighted by molar-refractivity contribution is 7.10. The fourth-order valence-corrected chi connectivity index (χ4v) is 3.21. The maximum atomic E-state index is 6.47. The van der Waals surface area contributed by atoms with E-state index >= 15 is 0 Å². The molecule has 0 aliphatic rings. The molecule has 2 N–H and O–H groups in total. The Labute approximate surface area is 112 Å². The van der Waals surface area contributed by atoms with Crippen molar-refractivity contribution in [2.24, 2.45) is 5.73 Å². The van der Waals surface area contributed by atoms with Crippen LogP contribution in [0.2, 0.25) is 0 Å². The lowest BCUT2D eigenvalue weighted by Crippen LogP contribution is -2.35. The second-order valence-electron chi connectivity index (χ2n) is 4.88. The van der Waals surface area contributed by atoms with Crippen LogP contribution in [0.25, 0.3) is 0 Å². The number of hydrogen-bond acceptors (Lipinski definition) is 3. The second kappa shape index (κ2) is 5.12. The molecule has 0 spiro atoms. The highest BCUT2D eigenvalue weighted by Gasteiger charge is 2.24. The van der Waals surface area contributed by atoms with Crippen LogP contribution in [0.4, 0.5) is 0 Å². The van der Waals surface area contributed by atoms with Crippen molar-refractivity contribution in [2.75, 3.05) is 7.11 Å². The van der Waals surface area contributed by atoms with Crippen LogP contribution in [0, 0.1) is 6.92 Å². The van der Waals surface area contributed by atoms with E-state index in [1.807, 2.05) is 12.1 Å². The summed E-state index contributed by atoms with van der Waals surface area (Å²) < 4.78 is 5.16. The zero-order valence-corrected chi connectivity index (χ0v) is 11.9. The van der Waals surface area contributed by atoms with Gasteiger partial charge in [0.25, 0.3) is 0 Å². The third-order valence-electron chi connectivity index (χ3n) is 3.11. The molecule has 2 nitrogen and oxygen atoms in total. The summed E-state index contributed by atoms with van der Waals surface area (Å²) in [6, 6.07) is 10.2. The van der Waals surface area contributed by atoms with Crippen molar-refractivity contribution in [3.05, 3.63) is 51.7 Å². The molecule has 1 heterocycles. The van der Waals surface area contributed by atoms with Crippen LogP contribution in [0.5, 0.6) is 5.75 Å². The molecule has 96 valence electrons.